The summed E-state index contributed by atoms with van der Waals surface area (Å²) in [6.07, 6.45) is 8.33. The zero-order chi connectivity index (χ0) is 14.7. The van der Waals surface area contributed by atoms with Crippen LogP contribution in [0.3, 0.4) is 0 Å². The van der Waals surface area contributed by atoms with Crippen LogP contribution in [0.4, 0.5) is 0 Å². The van der Waals surface area contributed by atoms with E-state index >= 15 is 0 Å². The maximum Gasteiger partial charge on any atom is 0.0631 e. The van der Waals surface area contributed by atoms with Gasteiger partial charge in [-0.3, -0.25) is 4.68 Å². The Bertz CT molecular complexity index is 590. The first kappa shape index (κ1) is 15.1. The Balaban J connectivity index is 1.72. The molecular weight excluding hydrogens is 348 g/mol. The molecule has 1 aliphatic rings. The van der Waals surface area contributed by atoms with Gasteiger partial charge >= 0.3 is 0 Å². The van der Waals surface area contributed by atoms with E-state index in [1.54, 1.807) is 0 Å². The number of hydrogen-bond donors (Lipinski definition) is 0. The molecule has 0 N–H and O–H groups in total. The number of benzene rings is 1. The fourth-order valence-electron chi connectivity index (χ4n) is 3.13. The summed E-state index contributed by atoms with van der Waals surface area (Å²) in [5, 5.41) is 6.51. The zero-order valence-corrected chi connectivity index (χ0v) is 14.4. The van der Waals surface area contributed by atoms with E-state index in [4.69, 9.17) is 16.7 Å². The molecule has 4 heteroatoms. The third kappa shape index (κ3) is 3.70. The smallest absolute Gasteiger partial charge is 0.0631 e. The van der Waals surface area contributed by atoms with E-state index in [1.807, 2.05) is 12.1 Å². The molecule has 2 aromatic rings. The number of rotatable bonds is 5. The van der Waals surface area contributed by atoms with Crippen LogP contribution in [0.2, 0.25) is 5.02 Å². The number of alkyl halides is 1. The highest BCUT2D eigenvalue weighted by Crippen LogP contribution is 2.30. The lowest BCUT2D eigenvalue weighted by Crippen LogP contribution is -2.08. The highest BCUT2D eigenvalue weighted by molar-refractivity contribution is 9.09. The normalized spacial score (nSPS) is 17.2. The van der Waals surface area contributed by atoms with E-state index in [0.717, 1.165) is 16.8 Å². The average Bonchev–Trinajstić information content (AvgIpc) is 3.15. The van der Waals surface area contributed by atoms with Crippen LogP contribution in [0.25, 0.3) is 0 Å². The molecule has 1 atom stereocenters. The molecule has 1 aliphatic carbocycles. The van der Waals surface area contributed by atoms with Crippen LogP contribution in [0, 0.1) is 0 Å². The van der Waals surface area contributed by atoms with Crippen molar-refractivity contribution in [2.75, 3.05) is 5.33 Å². The molecular formula is C17H20BrClN2. The molecule has 1 aromatic heterocycles. The van der Waals surface area contributed by atoms with Crippen LogP contribution in [-0.4, -0.2) is 15.1 Å². The molecule has 3 rings (SSSR count). The molecule has 0 saturated heterocycles. The van der Waals surface area contributed by atoms with Crippen LogP contribution >= 0.6 is 27.5 Å². The summed E-state index contributed by atoms with van der Waals surface area (Å²) in [7, 11) is 0. The lowest BCUT2D eigenvalue weighted by Gasteiger charge is -2.14. The molecule has 1 unspecified atom stereocenters. The highest BCUT2D eigenvalue weighted by atomic mass is 79.9. The first-order valence-corrected chi connectivity index (χ1v) is 9.11. The van der Waals surface area contributed by atoms with Gasteiger partial charge in [0.25, 0.3) is 0 Å². The van der Waals surface area contributed by atoms with Crippen molar-refractivity contribution in [1.29, 1.82) is 0 Å². The number of halogens is 2. The summed E-state index contributed by atoms with van der Waals surface area (Å²) in [6, 6.07) is 10.9. The van der Waals surface area contributed by atoms with E-state index in [2.05, 4.69) is 45.0 Å². The maximum absolute atomic E-state index is 6.10. The van der Waals surface area contributed by atoms with Gasteiger partial charge in [-0.15, -0.1) is 0 Å². The topological polar surface area (TPSA) is 17.8 Å². The lowest BCUT2D eigenvalue weighted by molar-refractivity contribution is 0.462. The van der Waals surface area contributed by atoms with Crippen LogP contribution in [0.1, 0.15) is 48.9 Å². The van der Waals surface area contributed by atoms with Gasteiger partial charge in [-0.05, 0) is 48.9 Å². The van der Waals surface area contributed by atoms with E-state index in [-0.39, 0.29) is 0 Å². The molecule has 1 saturated carbocycles. The van der Waals surface area contributed by atoms with Crippen LogP contribution in [-0.2, 0) is 6.42 Å². The summed E-state index contributed by atoms with van der Waals surface area (Å²) < 4.78 is 2.17. The van der Waals surface area contributed by atoms with Crippen molar-refractivity contribution in [3.05, 3.63) is 52.8 Å². The first-order chi connectivity index (χ1) is 10.3. The summed E-state index contributed by atoms with van der Waals surface area (Å²) >= 11 is 9.73. The zero-order valence-electron chi connectivity index (χ0n) is 12.0. The molecule has 1 heterocycles. The Labute approximate surface area is 139 Å². The van der Waals surface area contributed by atoms with E-state index in [0.29, 0.717) is 12.0 Å². The minimum atomic E-state index is 0.413. The van der Waals surface area contributed by atoms with Crippen molar-refractivity contribution in [3.63, 3.8) is 0 Å². The fraction of sp³-hybridized carbons (Fsp3) is 0.471. The summed E-state index contributed by atoms with van der Waals surface area (Å²) in [5.41, 5.74) is 2.45. The second-order valence-corrected chi connectivity index (χ2v) is 6.92. The van der Waals surface area contributed by atoms with Gasteiger partial charge in [0.1, 0.15) is 0 Å². The molecule has 0 aliphatic heterocycles. The Morgan fingerprint density at radius 3 is 2.81 bits per heavy atom. The predicted octanol–water partition coefficient (Wildman–Crippen LogP) is 5.37. The van der Waals surface area contributed by atoms with Gasteiger partial charge in [-0.2, -0.15) is 5.10 Å². The largest absolute Gasteiger partial charge is 0.269 e. The summed E-state index contributed by atoms with van der Waals surface area (Å²) in [6.45, 7) is 0. The number of nitrogens with zero attached hydrogens (tertiary/aromatic N) is 2. The maximum atomic E-state index is 6.10. The number of aromatic nitrogens is 2. The molecule has 1 fully saturated rings. The van der Waals surface area contributed by atoms with Gasteiger partial charge in [0.05, 0.1) is 11.7 Å². The van der Waals surface area contributed by atoms with Gasteiger partial charge in [0.15, 0.2) is 0 Å². The molecule has 0 spiro atoms. The third-order valence-electron chi connectivity index (χ3n) is 4.32. The van der Waals surface area contributed by atoms with Crippen molar-refractivity contribution in [1.82, 2.24) is 9.78 Å². The van der Waals surface area contributed by atoms with Crippen molar-refractivity contribution < 1.29 is 0 Å². The van der Waals surface area contributed by atoms with Gasteiger partial charge < -0.3 is 0 Å². The monoisotopic (exact) mass is 366 g/mol. The molecule has 1 aromatic carbocycles. The fourth-order valence-corrected chi connectivity index (χ4v) is 3.93. The molecule has 0 amide bonds. The standard InChI is InChI=1S/C17H20BrClN2/c18-12-14(13-4-3-5-15(19)10-13)11-16-8-9-21(20-16)17-6-1-2-7-17/h3-5,8-10,14,17H,1-2,6-7,11-12H2. The Kier molecular flexibility index (Phi) is 5.02. The second kappa shape index (κ2) is 6.97. The predicted molar refractivity (Wildman–Crippen MR) is 91.4 cm³/mol. The lowest BCUT2D eigenvalue weighted by atomic mass is 9.96. The Morgan fingerprint density at radius 1 is 1.29 bits per heavy atom. The molecule has 0 radical (unpaired) electrons. The van der Waals surface area contributed by atoms with Gasteiger partial charge in [0.2, 0.25) is 0 Å². The highest BCUT2D eigenvalue weighted by Gasteiger charge is 2.19. The van der Waals surface area contributed by atoms with Gasteiger partial charge in [0, 0.05) is 16.5 Å². The average molecular weight is 368 g/mol. The van der Waals surface area contributed by atoms with E-state index in [1.165, 1.54) is 36.9 Å². The molecule has 0 bridgehead atoms. The van der Waals surface area contributed by atoms with Crippen molar-refractivity contribution >= 4 is 27.5 Å². The molecule has 21 heavy (non-hydrogen) atoms. The second-order valence-electron chi connectivity index (χ2n) is 5.84. The molecule has 112 valence electrons. The van der Waals surface area contributed by atoms with E-state index < -0.39 is 0 Å². The number of hydrogen-bond acceptors (Lipinski definition) is 1. The third-order valence-corrected chi connectivity index (χ3v) is 5.34. The minimum Gasteiger partial charge on any atom is -0.269 e. The SMILES string of the molecule is Clc1cccc(C(CBr)Cc2ccn(C3CCCC3)n2)c1. The Hall–Kier alpha value is -0.800. The summed E-state index contributed by atoms with van der Waals surface area (Å²) in [5.74, 6) is 0.413. The van der Waals surface area contributed by atoms with Crippen LogP contribution < -0.4 is 0 Å². The quantitative estimate of drug-likeness (QED) is 0.649. The van der Waals surface area contributed by atoms with Crippen molar-refractivity contribution in [2.24, 2.45) is 0 Å². The van der Waals surface area contributed by atoms with Gasteiger partial charge in [-0.1, -0.05) is 52.5 Å². The van der Waals surface area contributed by atoms with Crippen LogP contribution in [0.5, 0.6) is 0 Å². The minimum absolute atomic E-state index is 0.413. The molecule has 2 nitrogen and oxygen atoms in total. The van der Waals surface area contributed by atoms with E-state index in [9.17, 15) is 0 Å². The first-order valence-electron chi connectivity index (χ1n) is 7.61. The van der Waals surface area contributed by atoms with Crippen LogP contribution in [0.15, 0.2) is 36.5 Å². The van der Waals surface area contributed by atoms with Crippen molar-refractivity contribution in [3.8, 4) is 0 Å². The van der Waals surface area contributed by atoms with Gasteiger partial charge in [-0.25, -0.2) is 0 Å². The Morgan fingerprint density at radius 2 is 2.10 bits per heavy atom. The summed E-state index contributed by atoms with van der Waals surface area (Å²) in [4.78, 5) is 0. The van der Waals surface area contributed by atoms with Crippen molar-refractivity contribution in [2.45, 2.75) is 44.1 Å².